The second-order valence-corrected chi connectivity index (χ2v) is 10.6. The Labute approximate surface area is 229 Å². The van der Waals surface area contributed by atoms with Gasteiger partial charge in [-0.05, 0) is 71.5 Å². The molecule has 3 aromatic rings. The second-order valence-electron chi connectivity index (χ2n) is 10.6. The highest BCUT2D eigenvalue weighted by Gasteiger charge is 2.47. The van der Waals surface area contributed by atoms with E-state index in [0.29, 0.717) is 34.9 Å². The van der Waals surface area contributed by atoms with Crippen molar-refractivity contribution in [3.8, 4) is 5.75 Å². The Morgan fingerprint density at radius 1 is 0.949 bits per heavy atom. The van der Waals surface area contributed by atoms with Crippen molar-refractivity contribution in [1.82, 2.24) is 0 Å². The van der Waals surface area contributed by atoms with Crippen LogP contribution in [0.1, 0.15) is 63.8 Å². The lowest BCUT2D eigenvalue weighted by atomic mass is 9.85. The third kappa shape index (κ3) is 5.87. The number of aliphatic hydroxyl groups is 1. The second kappa shape index (κ2) is 11.2. The molecule has 1 saturated heterocycles. The number of Topliss-reactive ketones (excluding diaryl/α,β-unsaturated/α-hetero) is 1. The molecule has 1 aliphatic rings. The van der Waals surface area contributed by atoms with Gasteiger partial charge in [0.15, 0.2) is 0 Å². The van der Waals surface area contributed by atoms with Gasteiger partial charge in [0.2, 0.25) is 5.91 Å². The molecule has 39 heavy (non-hydrogen) atoms. The zero-order chi connectivity index (χ0) is 28.3. The number of hydrogen-bond donors (Lipinski definition) is 2. The molecule has 7 nitrogen and oxygen atoms in total. The van der Waals surface area contributed by atoms with Crippen molar-refractivity contribution >= 4 is 34.7 Å². The Morgan fingerprint density at radius 3 is 2.10 bits per heavy atom. The maximum atomic E-state index is 13.4. The molecular formula is C32H34N2O5. The molecule has 7 heteroatoms. The van der Waals surface area contributed by atoms with Gasteiger partial charge in [-0.1, -0.05) is 52.0 Å². The quantitative estimate of drug-likeness (QED) is 0.212. The van der Waals surface area contributed by atoms with E-state index in [9.17, 15) is 19.5 Å². The number of nitrogens with zero attached hydrogens (tertiary/aromatic N) is 1. The first-order valence-electron chi connectivity index (χ1n) is 13.0. The zero-order valence-electron chi connectivity index (χ0n) is 22.9. The summed E-state index contributed by atoms with van der Waals surface area (Å²) in [4.78, 5) is 39.7. The average molecular weight is 527 g/mol. The third-order valence-electron chi connectivity index (χ3n) is 6.60. The van der Waals surface area contributed by atoms with Crippen molar-refractivity contribution in [2.24, 2.45) is 0 Å². The number of ether oxygens (including phenoxy) is 1. The molecule has 2 N–H and O–H groups in total. The van der Waals surface area contributed by atoms with Crippen LogP contribution in [0.15, 0.2) is 78.4 Å². The van der Waals surface area contributed by atoms with Crippen LogP contribution in [-0.2, 0) is 19.8 Å². The van der Waals surface area contributed by atoms with Gasteiger partial charge in [0.05, 0.1) is 18.2 Å². The van der Waals surface area contributed by atoms with Crippen molar-refractivity contribution < 1.29 is 24.2 Å². The highest BCUT2D eigenvalue weighted by Crippen LogP contribution is 2.43. The number of nitrogens with one attached hydrogen (secondary N) is 1. The number of aliphatic hydroxyl groups excluding tert-OH is 1. The Morgan fingerprint density at radius 2 is 1.56 bits per heavy atom. The van der Waals surface area contributed by atoms with Gasteiger partial charge >= 0.3 is 0 Å². The number of carbonyl (C=O) groups excluding carboxylic acids is 3. The summed E-state index contributed by atoms with van der Waals surface area (Å²) in [6, 6.07) is 20.4. The number of carbonyl (C=O) groups is 3. The van der Waals surface area contributed by atoms with E-state index < -0.39 is 17.7 Å². The fourth-order valence-corrected chi connectivity index (χ4v) is 4.57. The first-order valence-corrected chi connectivity index (χ1v) is 13.0. The summed E-state index contributed by atoms with van der Waals surface area (Å²) in [6.07, 6.45) is 0.866. The summed E-state index contributed by atoms with van der Waals surface area (Å²) in [5.74, 6) is -1.32. The Hall–Kier alpha value is -4.39. The molecule has 2 amide bonds. The van der Waals surface area contributed by atoms with Crippen LogP contribution in [-0.4, -0.2) is 29.3 Å². The number of hydrogen-bond acceptors (Lipinski definition) is 5. The molecule has 3 aromatic carbocycles. The summed E-state index contributed by atoms with van der Waals surface area (Å²) in [7, 11) is 0. The first kappa shape index (κ1) is 27.6. The number of ketones is 1. The van der Waals surface area contributed by atoms with Gasteiger partial charge in [0.1, 0.15) is 11.5 Å². The molecule has 0 aromatic heterocycles. The number of anilines is 2. The molecule has 0 bridgehead atoms. The van der Waals surface area contributed by atoms with E-state index in [1.54, 1.807) is 48.5 Å². The molecular weight excluding hydrogens is 492 g/mol. The fourth-order valence-electron chi connectivity index (χ4n) is 4.57. The van der Waals surface area contributed by atoms with E-state index >= 15 is 0 Å². The number of benzene rings is 3. The minimum absolute atomic E-state index is 0.0108. The van der Waals surface area contributed by atoms with Crippen molar-refractivity contribution in [1.29, 1.82) is 0 Å². The summed E-state index contributed by atoms with van der Waals surface area (Å²) in [6.45, 7) is 10.3. The van der Waals surface area contributed by atoms with Crippen LogP contribution in [0, 0.1) is 0 Å². The summed E-state index contributed by atoms with van der Waals surface area (Å²) < 4.78 is 5.64. The number of rotatable bonds is 7. The minimum Gasteiger partial charge on any atom is -0.507 e. The molecule has 0 aliphatic carbocycles. The largest absolute Gasteiger partial charge is 0.507 e. The van der Waals surface area contributed by atoms with Crippen LogP contribution < -0.4 is 15.0 Å². The molecule has 1 unspecified atom stereocenters. The van der Waals surface area contributed by atoms with E-state index in [4.69, 9.17) is 4.74 Å². The van der Waals surface area contributed by atoms with Crippen molar-refractivity contribution in [3.63, 3.8) is 0 Å². The van der Waals surface area contributed by atoms with Gasteiger partial charge in [-0.15, -0.1) is 0 Å². The van der Waals surface area contributed by atoms with Gasteiger partial charge in [0.25, 0.3) is 11.7 Å². The summed E-state index contributed by atoms with van der Waals surface area (Å²) in [5, 5.41) is 14.1. The monoisotopic (exact) mass is 526 g/mol. The predicted molar refractivity (Wildman–Crippen MR) is 153 cm³/mol. The standard InChI is InChI=1S/C32H34N2O5/c1-6-19-39-26-17-9-22(10-18-26)29(36)27-28(21-7-11-23(12-8-21)32(3,4)5)34(31(38)30(27)37)25-15-13-24(14-16-25)33-20(2)35/h7-18,28,36H,6,19H2,1-5H3,(H,33,35)/b29-27-. The first-order chi connectivity index (χ1) is 18.5. The van der Waals surface area contributed by atoms with Crippen LogP contribution in [0.4, 0.5) is 11.4 Å². The Balaban J connectivity index is 1.82. The van der Waals surface area contributed by atoms with Crippen molar-refractivity contribution in [3.05, 3.63) is 95.1 Å². The molecule has 0 saturated carbocycles. The van der Waals surface area contributed by atoms with Crippen molar-refractivity contribution in [2.75, 3.05) is 16.8 Å². The van der Waals surface area contributed by atoms with E-state index in [-0.39, 0.29) is 22.7 Å². The zero-order valence-corrected chi connectivity index (χ0v) is 22.9. The molecule has 0 radical (unpaired) electrons. The Bertz CT molecular complexity index is 1400. The SMILES string of the molecule is CCCOc1ccc(/C(O)=C2/C(=O)C(=O)N(c3ccc(NC(C)=O)cc3)C2c2ccc(C(C)(C)C)cc2)cc1. The maximum absolute atomic E-state index is 13.4. The third-order valence-corrected chi connectivity index (χ3v) is 6.60. The molecule has 1 atom stereocenters. The molecule has 1 fully saturated rings. The molecule has 1 heterocycles. The normalized spacial score (nSPS) is 16.8. The Kier molecular flexibility index (Phi) is 7.90. The molecule has 1 aliphatic heterocycles. The van der Waals surface area contributed by atoms with E-state index in [0.717, 1.165) is 12.0 Å². The van der Waals surface area contributed by atoms with Crippen LogP contribution in [0.3, 0.4) is 0 Å². The summed E-state index contributed by atoms with van der Waals surface area (Å²) in [5.41, 5.74) is 3.17. The van der Waals surface area contributed by atoms with Gasteiger partial charge in [0, 0.05) is 23.9 Å². The topological polar surface area (TPSA) is 95.9 Å². The van der Waals surface area contributed by atoms with Crippen LogP contribution in [0.25, 0.3) is 5.76 Å². The van der Waals surface area contributed by atoms with Crippen LogP contribution in [0.5, 0.6) is 5.75 Å². The van der Waals surface area contributed by atoms with E-state index in [1.807, 2.05) is 31.2 Å². The lowest BCUT2D eigenvalue weighted by Gasteiger charge is -2.27. The van der Waals surface area contributed by atoms with Gasteiger partial charge in [-0.25, -0.2) is 0 Å². The average Bonchev–Trinajstić information content (AvgIpc) is 3.17. The summed E-state index contributed by atoms with van der Waals surface area (Å²) >= 11 is 0. The van der Waals surface area contributed by atoms with E-state index in [1.165, 1.54) is 11.8 Å². The van der Waals surface area contributed by atoms with Gasteiger partial charge in [-0.3, -0.25) is 19.3 Å². The lowest BCUT2D eigenvalue weighted by Crippen LogP contribution is -2.29. The van der Waals surface area contributed by atoms with Crippen LogP contribution >= 0.6 is 0 Å². The van der Waals surface area contributed by atoms with Gasteiger partial charge < -0.3 is 15.2 Å². The molecule has 0 spiro atoms. The predicted octanol–water partition coefficient (Wildman–Crippen LogP) is 6.36. The molecule has 4 rings (SSSR count). The van der Waals surface area contributed by atoms with Gasteiger partial charge in [-0.2, -0.15) is 0 Å². The lowest BCUT2D eigenvalue weighted by molar-refractivity contribution is -0.132. The van der Waals surface area contributed by atoms with Crippen LogP contribution in [0.2, 0.25) is 0 Å². The fraction of sp³-hybridized carbons (Fsp3) is 0.281. The highest BCUT2D eigenvalue weighted by atomic mass is 16.5. The smallest absolute Gasteiger partial charge is 0.300 e. The molecule has 202 valence electrons. The minimum atomic E-state index is -0.846. The maximum Gasteiger partial charge on any atom is 0.300 e. The number of amides is 2. The van der Waals surface area contributed by atoms with E-state index in [2.05, 4.69) is 26.1 Å². The van der Waals surface area contributed by atoms with Crippen molar-refractivity contribution in [2.45, 2.75) is 52.5 Å². The highest BCUT2D eigenvalue weighted by molar-refractivity contribution is 6.51.